The normalized spacial score (nSPS) is 21.8. The maximum Gasteiger partial charge on any atom is 0.126 e. The van der Waals surface area contributed by atoms with Gasteiger partial charge in [0.25, 0.3) is 0 Å². The first-order valence-electron chi connectivity index (χ1n) is 13.8. The lowest BCUT2D eigenvalue weighted by Gasteiger charge is -2.44. The Balaban J connectivity index is 1.42. The number of hydrogen-bond acceptors (Lipinski definition) is 3. The number of likely N-dealkylation sites (tertiary alicyclic amines) is 1. The molecule has 1 aliphatic rings. The molecule has 0 radical (unpaired) electrons. The van der Waals surface area contributed by atoms with E-state index in [1.165, 1.54) is 24.0 Å². The van der Waals surface area contributed by atoms with Crippen molar-refractivity contribution in [3.63, 3.8) is 0 Å². The zero-order chi connectivity index (χ0) is 26.2. The lowest BCUT2D eigenvalue weighted by molar-refractivity contribution is -0.948. The number of nitrogens with zero attached hydrogens (tertiary/aromatic N) is 1. The minimum Gasteiger partial charge on any atom is -0.491 e. The van der Waals surface area contributed by atoms with Crippen molar-refractivity contribution in [3.05, 3.63) is 65.7 Å². The van der Waals surface area contributed by atoms with Gasteiger partial charge >= 0.3 is 0 Å². The van der Waals surface area contributed by atoms with Crippen molar-refractivity contribution in [2.24, 2.45) is 11.3 Å². The summed E-state index contributed by atoms with van der Waals surface area (Å²) in [6, 6.07) is 19.2. The molecule has 0 bridgehead atoms. The van der Waals surface area contributed by atoms with Gasteiger partial charge in [0.1, 0.15) is 31.5 Å². The lowest BCUT2D eigenvalue weighted by Crippen LogP contribution is -2.56. The third-order valence-electron chi connectivity index (χ3n) is 7.57. The molecule has 0 unspecified atom stereocenters. The highest BCUT2D eigenvalue weighted by Crippen LogP contribution is 2.36. The van der Waals surface area contributed by atoms with Crippen LogP contribution in [0.2, 0.25) is 0 Å². The molecule has 0 aliphatic carbocycles. The molecule has 1 N–H and O–H groups in total. The standard InChI is InChI=1S/C32H50NO3/c1-26-16-18-33(19-17-26,22-27-10-8-7-9-11-27)23-29(34)24-35-20-21-36-30-14-12-28(13-15-30)32(5,6)25-31(2,3)4/h7-15,26,29,34H,16-25H2,1-6H3/q+1/t26?,29-,33?/m0/s1. The molecule has 1 heterocycles. The monoisotopic (exact) mass is 496 g/mol. The van der Waals surface area contributed by atoms with Crippen LogP contribution < -0.4 is 4.74 Å². The number of aliphatic hydroxyl groups is 1. The predicted octanol–water partition coefficient (Wildman–Crippen LogP) is 6.60. The molecule has 2 aromatic carbocycles. The molecule has 36 heavy (non-hydrogen) atoms. The molecule has 4 heteroatoms. The van der Waals surface area contributed by atoms with E-state index in [1.54, 1.807) is 0 Å². The molecule has 2 aromatic rings. The molecule has 200 valence electrons. The molecule has 1 fully saturated rings. The van der Waals surface area contributed by atoms with Crippen LogP contribution in [0.25, 0.3) is 0 Å². The Morgan fingerprint density at radius 2 is 1.56 bits per heavy atom. The van der Waals surface area contributed by atoms with Crippen LogP contribution in [0.3, 0.4) is 0 Å². The second kappa shape index (κ2) is 12.6. The van der Waals surface area contributed by atoms with Crippen molar-refractivity contribution in [1.82, 2.24) is 0 Å². The van der Waals surface area contributed by atoms with E-state index in [2.05, 4.69) is 96.1 Å². The van der Waals surface area contributed by atoms with Gasteiger partial charge in [-0.05, 0) is 53.7 Å². The molecule has 1 saturated heterocycles. The molecule has 0 spiro atoms. The van der Waals surface area contributed by atoms with E-state index < -0.39 is 6.10 Å². The van der Waals surface area contributed by atoms with Gasteiger partial charge in [-0.2, -0.15) is 0 Å². The van der Waals surface area contributed by atoms with E-state index in [9.17, 15) is 5.11 Å². The van der Waals surface area contributed by atoms with E-state index in [0.717, 1.165) is 48.8 Å². The molecular weight excluding hydrogens is 446 g/mol. The highest BCUT2D eigenvalue weighted by atomic mass is 16.5. The number of aliphatic hydroxyl groups excluding tert-OH is 1. The number of quaternary nitrogens is 1. The SMILES string of the molecule is CC1CC[N+](Cc2ccccc2)(C[C@H](O)COCCOc2ccc(C(C)(C)CC(C)(C)C)cc2)CC1. The van der Waals surface area contributed by atoms with Gasteiger partial charge in [-0.25, -0.2) is 0 Å². The fourth-order valence-corrected chi connectivity index (χ4v) is 5.99. The summed E-state index contributed by atoms with van der Waals surface area (Å²) < 4.78 is 12.7. The van der Waals surface area contributed by atoms with Crippen LogP contribution in [0.15, 0.2) is 54.6 Å². The lowest BCUT2D eigenvalue weighted by atomic mass is 9.72. The average molecular weight is 497 g/mol. The molecule has 1 atom stereocenters. The summed E-state index contributed by atoms with van der Waals surface area (Å²) in [6.45, 7) is 19.1. The van der Waals surface area contributed by atoms with Crippen LogP contribution in [0.1, 0.15) is 71.9 Å². The van der Waals surface area contributed by atoms with Crippen LogP contribution >= 0.6 is 0 Å². The molecule has 3 rings (SSSR count). The third kappa shape index (κ3) is 9.21. The van der Waals surface area contributed by atoms with Crippen LogP contribution in [-0.2, 0) is 16.7 Å². The molecule has 0 amide bonds. The second-order valence-corrected chi connectivity index (χ2v) is 13.0. The van der Waals surface area contributed by atoms with Crippen molar-refractivity contribution < 1.29 is 19.1 Å². The van der Waals surface area contributed by atoms with E-state index in [1.807, 2.05) is 0 Å². The van der Waals surface area contributed by atoms with Gasteiger partial charge in [0, 0.05) is 5.56 Å². The van der Waals surface area contributed by atoms with Crippen molar-refractivity contribution in [2.75, 3.05) is 39.5 Å². The molecule has 4 nitrogen and oxygen atoms in total. The Hall–Kier alpha value is -1.88. The maximum atomic E-state index is 10.8. The fraction of sp³-hybridized carbons (Fsp3) is 0.625. The zero-order valence-corrected chi connectivity index (χ0v) is 23.6. The number of hydrogen-bond donors (Lipinski definition) is 1. The Morgan fingerprint density at radius 3 is 2.17 bits per heavy atom. The smallest absolute Gasteiger partial charge is 0.126 e. The highest BCUT2D eigenvalue weighted by molar-refractivity contribution is 5.31. The zero-order valence-electron chi connectivity index (χ0n) is 23.6. The maximum absolute atomic E-state index is 10.8. The summed E-state index contributed by atoms with van der Waals surface area (Å²) >= 11 is 0. The predicted molar refractivity (Wildman–Crippen MR) is 149 cm³/mol. The van der Waals surface area contributed by atoms with Gasteiger partial charge in [0.05, 0.1) is 26.3 Å². The van der Waals surface area contributed by atoms with Gasteiger partial charge in [0.15, 0.2) is 0 Å². The van der Waals surface area contributed by atoms with Crippen LogP contribution in [0.5, 0.6) is 5.75 Å². The van der Waals surface area contributed by atoms with Gasteiger partial charge < -0.3 is 19.1 Å². The van der Waals surface area contributed by atoms with Crippen LogP contribution in [0, 0.1) is 11.3 Å². The molecule has 0 saturated carbocycles. The van der Waals surface area contributed by atoms with Crippen molar-refractivity contribution in [2.45, 2.75) is 78.9 Å². The molecular formula is C32H50NO3+. The average Bonchev–Trinajstić information content (AvgIpc) is 2.80. The minimum atomic E-state index is -0.466. The van der Waals surface area contributed by atoms with Crippen LogP contribution in [0.4, 0.5) is 0 Å². The first kappa shape index (κ1) is 28.7. The van der Waals surface area contributed by atoms with E-state index in [-0.39, 0.29) is 10.8 Å². The number of rotatable bonds is 12. The summed E-state index contributed by atoms with van der Waals surface area (Å²) in [4.78, 5) is 0. The quantitative estimate of drug-likeness (QED) is 0.266. The van der Waals surface area contributed by atoms with Crippen molar-refractivity contribution in [1.29, 1.82) is 0 Å². The minimum absolute atomic E-state index is 0.128. The molecule has 0 aromatic heterocycles. The Labute approximate surface area is 220 Å². The first-order valence-corrected chi connectivity index (χ1v) is 13.8. The number of piperidine rings is 1. The topological polar surface area (TPSA) is 38.7 Å². The van der Waals surface area contributed by atoms with E-state index in [0.29, 0.717) is 19.8 Å². The second-order valence-electron chi connectivity index (χ2n) is 13.0. The first-order chi connectivity index (χ1) is 17.0. The van der Waals surface area contributed by atoms with E-state index >= 15 is 0 Å². The van der Waals surface area contributed by atoms with Gasteiger partial charge in [-0.1, -0.05) is 84.0 Å². The van der Waals surface area contributed by atoms with Crippen molar-refractivity contribution in [3.8, 4) is 5.75 Å². The van der Waals surface area contributed by atoms with E-state index in [4.69, 9.17) is 9.47 Å². The summed E-state index contributed by atoms with van der Waals surface area (Å²) in [6.07, 6.45) is 3.10. The summed E-state index contributed by atoms with van der Waals surface area (Å²) in [7, 11) is 0. The Bertz CT molecular complexity index is 893. The largest absolute Gasteiger partial charge is 0.491 e. The third-order valence-corrected chi connectivity index (χ3v) is 7.57. The highest BCUT2D eigenvalue weighted by Gasteiger charge is 2.35. The van der Waals surface area contributed by atoms with Crippen LogP contribution in [-0.4, -0.2) is 55.1 Å². The van der Waals surface area contributed by atoms with Crippen molar-refractivity contribution >= 4 is 0 Å². The number of ether oxygens (including phenoxy) is 2. The Morgan fingerprint density at radius 1 is 0.917 bits per heavy atom. The summed E-state index contributed by atoms with van der Waals surface area (Å²) in [5, 5.41) is 10.8. The van der Waals surface area contributed by atoms with Gasteiger partial charge in [-0.3, -0.25) is 0 Å². The van der Waals surface area contributed by atoms with Gasteiger partial charge in [-0.15, -0.1) is 0 Å². The molecule has 1 aliphatic heterocycles. The summed E-state index contributed by atoms with van der Waals surface area (Å²) in [5.41, 5.74) is 3.10. The Kier molecular flexibility index (Phi) is 10.0. The van der Waals surface area contributed by atoms with Gasteiger partial charge in [0.2, 0.25) is 0 Å². The summed E-state index contributed by atoms with van der Waals surface area (Å²) in [5.74, 6) is 1.64. The fourth-order valence-electron chi connectivity index (χ4n) is 5.99. The number of benzene rings is 2.